The number of nitrogens with two attached hydrogens (primary N) is 1. The van der Waals surface area contributed by atoms with Crippen molar-refractivity contribution >= 4 is 35.1 Å². The van der Waals surface area contributed by atoms with Gasteiger partial charge in [-0.3, -0.25) is 0 Å². The molecule has 0 spiro atoms. The summed E-state index contributed by atoms with van der Waals surface area (Å²) in [6.45, 7) is 1.97. The van der Waals surface area contributed by atoms with E-state index in [4.69, 9.17) is 10.8 Å². The van der Waals surface area contributed by atoms with Crippen LogP contribution in [0.25, 0.3) is 11.3 Å². The van der Waals surface area contributed by atoms with Crippen molar-refractivity contribution in [1.29, 1.82) is 0 Å². The maximum Gasteiger partial charge on any atom is 0.358 e. The van der Waals surface area contributed by atoms with Gasteiger partial charge in [0.25, 0.3) is 0 Å². The molecule has 0 aliphatic heterocycles. The molecule has 0 bridgehead atoms. The molecule has 0 amide bonds. The lowest BCUT2D eigenvalue weighted by Crippen LogP contribution is -2.08. The van der Waals surface area contributed by atoms with Crippen LogP contribution >= 0.6 is 23.3 Å². The summed E-state index contributed by atoms with van der Waals surface area (Å²) in [6.07, 6.45) is 1.46. The second-order valence-corrected chi connectivity index (χ2v) is 3.66. The number of aromatic nitrogens is 2. The van der Waals surface area contributed by atoms with E-state index >= 15 is 0 Å². The highest BCUT2D eigenvalue weighted by molar-refractivity contribution is 8.59. The van der Waals surface area contributed by atoms with Gasteiger partial charge in [-0.1, -0.05) is 29.8 Å². The number of benzene rings is 1. The first-order chi connectivity index (χ1) is 9.08. The van der Waals surface area contributed by atoms with Gasteiger partial charge in [-0.05, 0) is 6.92 Å². The summed E-state index contributed by atoms with van der Waals surface area (Å²) >= 11 is 6.44. The molecule has 5 nitrogen and oxygen atoms in total. The molecule has 0 aliphatic rings. The largest absolute Gasteiger partial charge is 0.476 e. The van der Waals surface area contributed by atoms with Crippen molar-refractivity contribution < 1.29 is 9.90 Å². The van der Waals surface area contributed by atoms with Crippen LogP contribution in [0.4, 0.5) is 5.82 Å². The Balaban J connectivity index is 0.000000861. The first kappa shape index (κ1) is 15.3. The van der Waals surface area contributed by atoms with E-state index < -0.39 is 5.97 Å². The molecule has 0 unspecified atom stereocenters. The van der Waals surface area contributed by atoms with Crippen LogP contribution in [0.5, 0.6) is 0 Å². The van der Waals surface area contributed by atoms with Gasteiger partial charge in [0.1, 0.15) is 0 Å². The molecule has 1 aromatic heterocycles. The third-order valence-corrected chi connectivity index (χ3v) is 2.35. The van der Waals surface area contributed by atoms with E-state index in [1.165, 1.54) is 6.20 Å². The van der Waals surface area contributed by atoms with Crippen molar-refractivity contribution in [1.82, 2.24) is 9.97 Å². The van der Waals surface area contributed by atoms with Crippen molar-refractivity contribution in [3.63, 3.8) is 0 Å². The van der Waals surface area contributed by atoms with Gasteiger partial charge < -0.3 is 10.8 Å². The van der Waals surface area contributed by atoms with Crippen LogP contribution in [0.15, 0.2) is 30.5 Å². The zero-order valence-electron chi connectivity index (χ0n) is 10.1. The van der Waals surface area contributed by atoms with Crippen molar-refractivity contribution in [3.8, 4) is 11.3 Å². The number of hydrogen-bond donors (Lipinski definition) is 4. The van der Waals surface area contributed by atoms with E-state index in [0.29, 0.717) is 5.69 Å². The topological polar surface area (TPSA) is 89.1 Å². The van der Waals surface area contributed by atoms with E-state index in [9.17, 15) is 4.79 Å². The number of rotatable bonds is 2. The van der Waals surface area contributed by atoms with Crippen LogP contribution in [-0.4, -0.2) is 21.0 Å². The fraction of sp³-hybridized carbons (Fsp3) is 0.0833. The molecule has 7 heteroatoms. The van der Waals surface area contributed by atoms with Gasteiger partial charge in [0, 0.05) is 5.56 Å². The molecule has 0 radical (unpaired) electrons. The number of aromatic carboxylic acids is 1. The molecule has 0 saturated heterocycles. The van der Waals surface area contributed by atoms with Gasteiger partial charge in [-0.15, -0.1) is 23.3 Å². The van der Waals surface area contributed by atoms with Crippen LogP contribution < -0.4 is 5.73 Å². The summed E-state index contributed by atoms with van der Waals surface area (Å²) in [5, 5.41) is 8.90. The van der Waals surface area contributed by atoms with E-state index in [1.807, 2.05) is 31.2 Å². The fourth-order valence-corrected chi connectivity index (χ4v) is 1.42. The van der Waals surface area contributed by atoms with Crippen molar-refractivity contribution in [2.45, 2.75) is 6.92 Å². The molecule has 0 aliphatic carbocycles. The van der Waals surface area contributed by atoms with Gasteiger partial charge in [-0.2, -0.15) is 0 Å². The second kappa shape index (κ2) is 7.01. The van der Waals surface area contributed by atoms with Crippen molar-refractivity contribution in [2.24, 2.45) is 0 Å². The minimum absolute atomic E-state index is 0.0756. The highest BCUT2D eigenvalue weighted by Gasteiger charge is 2.12. The molecule has 1 heterocycles. The average molecular weight is 295 g/mol. The molecular formula is C12H13N3O2S2. The molecule has 19 heavy (non-hydrogen) atoms. The van der Waals surface area contributed by atoms with Crippen molar-refractivity contribution in [2.75, 3.05) is 5.73 Å². The lowest BCUT2D eigenvalue weighted by atomic mass is 10.1. The molecule has 1 aromatic carbocycles. The number of nitrogens with zero attached hydrogens (tertiary/aromatic N) is 2. The van der Waals surface area contributed by atoms with Crippen LogP contribution in [0.2, 0.25) is 0 Å². The van der Waals surface area contributed by atoms with Gasteiger partial charge >= 0.3 is 5.97 Å². The van der Waals surface area contributed by atoms with Gasteiger partial charge in [0.05, 0.1) is 11.9 Å². The molecule has 0 fully saturated rings. The second-order valence-electron chi connectivity index (χ2n) is 3.66. The quantitative estimate of drug-likeness (QED) is 0.505. The molecule has 0 saturated carbocycles. The Kier molecular flexibility index (Phi) is 5.65. The smallest absolute Gasteiger partial charge is 0.358 e. The Morgan fingerprint density at radius 2 is 1.84 bits per heavy atom. The van der Waals surface area contributed by atoms with Gasteiger partial charge in [0.15, 0.2) is 11.5 Å². The number of nitrogen functional groups attached to an aromatic ring is 1. The molecular weight excluding hydrogens is 282 g/mol. The Labute approximate surface area is 121 Å². The lowest BCUT2D eigenvalue weighted by molar-refractivity contribution is 0.0691. The SMILES string of the molecule is Cc1ccc(-c2cnc(N)c(C(=O)O)n2)cc1.SS. The lowest BCUT2D eigenvalue weighted by Gasteiger charge is -2.04. The Morgan fingerprint density at radius 3 is 2.37 bits per heavy atom. The first-order valence-electron chi connectivity index (χ1n) is 5.21. The first-order valence-corrected chi connectivity index (χ1v) is 6.81. The third-order valence-electron chi connectivity index (χ3n) is 2.35. The summed E-state index contributed by atoms with van der Waals surface area (Å²) in [6, 6.07) is 7.57. The molecule has 2 rings (SSSR count). The minimum Gasteiger partial charge on any atom is -0.476 e. The summed E-state index contributed by atoms with van der Waals surface area (Å²) in [7, 11) is 0. The zero-order valence-corrected chi connectivity index (χ0v) is 11.9. The van der Waals surface area contributed by atoms with E-state index in [1.54, 1.807) is 0 Å². The van der Waals surface area contributed by atoms with E-state index in [-0.39, 0.29) is 11.5 Å². The normalized spacial score (nSPS) is 9.42. The van der Waals surface area contributed by atoms with Crippen molar-refractivity contribution in [3.05, 3.63) is 41.7 Å². The van der Waals surface area contributed by atoms with Gasteiger partial charge in [-0.25, -0.2) is 14.8 Å². The maximum atomic E-state index is 10.9. The standard InChI is InChI=1S/C12H11N3O2.H2S2/c1-7-2-4-8(5-3-7)9-6-14-11(13)10(15-9)12(16)17;1-2/h2-6H,1H3,(H2,13,14)(H,16,17);1-2H. The number of carboxylic acids is 1. The summed E-state index contributed by atoms with van der Waals surface area (Å²) in [4.78, 5) is 18.7. The minimum atomic E-state index is -1.18. The summed E-state index contributed by atoms with van der Waals surface area (Å²) < 4.78 is 0. The average Bonchev–Trinajstić information content (AvgIpc) is 2.42. The van der Waals surface area contributed by atoms with Crippen LogP contribution in [0.3, 0.4) is 0 Å². The Bertz CT molecular complexity index is 574. The van der Waals surface area contributed by atoms with Crippen LogP contribution in [0, 0.1) is 6.92 Å². The predicted molar refractivity (Wildman–Crippen MR) is 81.5 cm³/mol. The number of carboxylic acid groups (broad SMARTS) is 1. The number of carbonyl (C=O) groups is 1. The zero-order chi connectivity index (χ0) is 14.4. The highest BCUT2D eigenvalue weighted by Crippen LogP contribution is 2.18. The number of anilines is 1. The Hall–Kier alpha value is -1.73. The molecule has 3 N–H and O–H groups in total. The highest BCUT2D eigenvalue weighted by atomic mass is 33.1. The summed E-state index contributed by atoms with van der Waals surface area (Å²) in [5.41, 5.74) is 7.65. The fourth-order valence-electron chi connectivity index (χ4n) is 1.42. The summed E-state index contributed by atoms with van der Waals surface area (Å²) in [5.74, 6) is -1.25. The van der Waals surface area contributed by atoms with E-state index in [2.05, 4.69) is 33.3 Å². The maximum absolute atomic E-state index is 10.9. The third kappa shape index (κ3) is 3.87. The number of aryl methyl sites for hydroxylation is 1. The molecule has 2 aromatic rings. The molecule has 0 atom stereocenters. The van der Waals surface area contributed by atoms with Crippen LogP contribution in [0.1, 0.15) is 16.1 Å². The Morgan fingerprint density at radius 1 is 1.26 bits per heavy atom. The van der Waals surface area contributed by atoms with Crippen LogP contribution in [-0.2, 0) is 0 Å². The van der Waals surface area contributed by atoms with Gasteiger partial charge in [0.2, 0.25) is 0 Å². The monoisotopic (exact) mass is 295 g/mol. The van der Waals surface area contributed by atoms with E-state index in [0.717, 1.165) is 11.1 Å². The number of thiol groups is 2. The molecule has 100 valence electrons. The number of hydrogen-bond acceptors (Lipinski definition) is 6. The predicted octanol–water partition coefficient (Wildman–Crippen LogP) is 2.49.